The summed E-state index contributed by atoms with van der Waals surface area (Å²) in [6.45, 7) is 5.69. The van der Waals surface area contributed by atoms with Gasteiger partial charge in [0.05, 0.1) is 0 Å². The van der Waals surface area contributed by atoms with Crippen LogP contribution in [0.15, 0.2) is 9.35 Å². The van der Waals surface area contributed by atoms with Gasteiger partial charge in [0.15, 0.2) is 0 Å². The Kier molecular flexibility index (Phi) is 12.3. The van der Waals surface area contributed by atoms with E-state index in [1.165, 1.54) is 74.8 Å². The molecule has 2 aliphatic rings. The second kappa shape index (κ2) is 13.9. The zero-order valence-corrected chi connectivity index (χ0v) is 20.4. The SMILES string of the molecule is CCCCCC[Se]/C=C(\[Se]CCCCCC)B1C2CCCC1CCC2. The molecule has 0 saturated carbocycles. The average molecular weight is 474 g/mol. The molecule has 0 spiro atoms. The number of rotatable bonds is 13. The van der Waals surface area contributed by atoms with Crippen LogP contribution in [-0.2, 0) is 0 Å². The van der Waals surface area contributed by atoms with Gasteiger partial charge in [0, 0.05) is 0 Å². The quantitative estimate of drug-likeness (QED) is 0.193. The maximum atomic E-state index is 2.83. The van der Waals surface area contributed by atoms with Crippen LogP contribution in [0.25, 0.3) is 0 Å². The van der Waals surface area contributed by atoms with Crippen molar-refractivity contribution in [3.63, 3.8) is 0 Å². The van der Waals surface area contributed by atoms with Crippen molar-refractivity contribution < 1.29 is 0 Å². The number of fused-ring (bicyclic) bond motifs is 2. The summed E-state index contributed by atoms with van der Waals surface area (Å²) in [5.74, 6) is 2.15. The van der Waals surface area contributed by atoms with E-state index in [1.54, 1.807) is 25.7 Å². The van der Waals surface area contributed by atoms with Crippen molar-refractivity contribution in [3.8, 4) is 0 Å². The molecular formula is C22H41BSe2. The molecule has 2 heterocycles. The molecule has 2 saturated heterocycles. The van der Waals surface area contributed by atoms with E-state index in [0.29, 0.717) is 0 Å². The molecule has 0 amide bonds. The van der Waals surface area contributed by atoms with Gasteiger partial charge >= 0.3 is 172 Å². The monoisotopic (exact) mass is 476 g/mol. The predicted octanol–water partition coefficient (Wildman–Crippen LogP) is 7.38. The predicted molar refractivity (Wildman–Crippen MR) is 118 cm³/mol. The van der Waals surface area contributed by atoms with Gasteiger partial charge in [0.1, 0.15) is 0 Å². The zero-order valence-electron chi connectivity index (χ0n) is 16.9. The van der Waals surface area contributed by atoms with Gasteiger partial charge < -0.3 is 0 Å². The summed E-state index contributed by atoms with van der Waals surface area (Å²) >= 11 is 1.61. The molecule has 2 aliphatic heterocycles. The van der Waals surface area contributed by atoms with Crippen LogP contribution >= 0.6 is 0 Å². The molecule has 0 atom stereocenters. The van der Waals surface area contributed by atoms with Gasteiger partial charge in [-0.1, -0.05) is 0 Å². The van der Waals surface area contributed by atoms with Crippen molar-refractivity contribution in [2.45, 2.75) is 126 Å². The van der Waals surface area contributed by atoms with Crippen LogP contribution in [-0.4, -0.2) is 36.6 Å². The second-order valence-electron chi connectivity index (χ2n) is 8.27. The van der Waals surface area contributed by atoms with Crippen LogP contribution in [0.2, 0.25) is 22.3 Å². The van der Waals surface area contributed by atoms with Gasteiger partial charge in [-0.05, 0) is 0 Å². The molecule has 0 aromatic rings. The maximum absolute atomic E-state index is 2.83. The average Bonchev–Trinajstić information content (AvgIpc) is 2.62. The molecular weight excluding hydrogens is 433 g/mol. The molecule has 0 aromatic heterocycles. The molecule has 2 rings (SSSR count). The van der Waals surface area contributed by atoms with Crippen LogP contribution in [0, 0.1) is 0 Å². The fourth-order valence-corrected chi connectivity index (χ4v) is 10.6. The van der Waals surface area contributed by atoms with Gasteiger partial charge in [-0.3, -0.25) is 0 Å². The molecule has 144 valence electrons. The minimum absolute atomic E-state index is 0.792. The zero-order chi connectivity index (χ0) is 17.7. The van der Waals surface area contributed by atoms with E-state index in [-0.39, 0.29) is 0 Å². The first-order chi connectivity index (χ1) is 12.4. The first-order valence-electron chi connectivity index (χ1n) is 11.3. The Hall–Kier alpha value is 0.844. The third-order valence-corrected chi connectivity index (χ3v) is 11.5. The Balaban J connectivity index is 1.86. The minimum atomic E-state index is 0.792. The van der Waals surface area contributed by atoms with Crippen molar-refractivity contribution in [3.05, 3.63) is 9.35 Å². The standard InChI is InChI=1S/C22H41BSe2/c1-3-5-7-9-17-24-19-22(25-18-10-8-6-4-2)23-20-13-11-14-21(23)16-12-15-20/h19-21H,3-18H2,1-2H3/b22-19-. The van der Waals surface area contributed by atoms with Crippen molar-refractivity contribution in [2.24, 2.45) is 0 Å². The van der Waals surface area contributed by atoms with E-state index < -0.39 is 0 Å². The van der Waals surface area contributed by atoms with Gasteiger partial charge in [-0.25, -0.2) is 0 Å². The van der Waals surface area contributed by atoms with E-state index in [1.807, 2.05) is 4.37 Å². The summed E-state index contributed by atoms with van der Waals surface area (Å²) < 4.78 is 2.01. The topological polar surface area (TPSA) is 0 Å². The summed E-state index contributed by atoms with van der Waals surface area (Å²) in [7, 11) is 0. The Morgan fingerprint density at radius 1 is 0.800 bits per heavy atom. The van der Waals surface area contributed by atoms with Crippen LogP contribution in [0.3, 0.4) is 0 Å². The number of hydrogen-bond acceptors (Lipinski definition) is 0. The van der Waals surface area contributed by atoms with E-state index in [9.17, 15) is 0 Å². The van der Waals surface area contributed by atoms with E-state index in [0.717, 1.165) is 48.3 Å². The van der Waals surface area contributed by atoms with Crippen LogP contribution in [0.4, 0.5) is 0 Å². The fraction of sp³-hybridized carbons (Fsp3) is 0.909. The van der Waals surface area contributed by atoms with Gasteiger partial charge in [-0.2, -0.15) is 0 Å². The van der Waals surface area contributed by atoms with Crippen molar-refractivity contribution in [1.82, 2.24) is 0 Å². The third-order valence-electron chi connectivity index (χ3n) is 6.23. The molecule has 0 nitrogen and oxygen atoms in total. The Morgan fingerprint density at radius 3 is 1.92 bits per heavy atom. The Labute approximate surface area is 171 Å². The van der Waals surface area contributed by atoms with Gasteiger partial charge in [-0.15, -0.1) is 0 Å². The molecule has 0 aliphatic carbocycles. The number of hydrogen-bond donors (Lipinski definition) is 0. The molecule has 3 heteroatoms. The van der Waals surface area contributed by atoms with Gasteiger partial charge in [0.2, 0.25) is 0 Å². The van der Waals surface area contributed by atoms with Crippen molar-refractivity contribution in [1.29, 1.82) is 0 Å². The van der Waals surface area contributed by atoms with E-state index in [2.05, 4.69) is 18.8 Å². The first kappa shape index (κ1) is 22.1. The molecule has 0 radical (unpaired) electrons. The van der Waals surface area contributed by atoms with Crippen LogP contribution < -0.4 is 0 Å². The van der Waals surface area contributed by atoms with Gasteiger partial charge in [0.25, 0.3) is 0 Å². The fourth-order valence-electron chi connectivity index (χ4n) is 4.82. The Bertz CT molecular complexity index is 347. The summed E-state index contributed by atoms with van der Waals surface area (Å²) in [6.07, 6.45) is 20.8. The summed E-state index contributed by atoms with van der Waals surface area (Å²) in [6, 6.07) is 0. The summed E-state index contributed by atoms with van der Waals surface area (Å²) in [5.41, 5.74) is 0. The van der Waals surface area contributed by atoms with E-state index >= 15 is 0 Å². The molecule has 0 aromatic carbocycles. The third kappa shape index (κ3) is 8.17. The second-order valence-corrected chi connectivity index (χ2v) is 12.8. The first-order valence-corrected chi connectivity index (χ1v) is 15.6. The van der Waals surface area contributed by atoms with Crippen molar-refractivity contribution >= 4 is 36.6 Å². The van der Waals surface area contributed by atoms with Crippen LogP contribution in [0.5, 0.6) is 0 Å². The van der Waals surface area contributed by atoms with E-state index in [4.69, 9.17) is 0 Å². The summed E-state index contributed by atoms with van der Waals surface area (Å²) in [5, 5.41) is 3.03. The number of unbranched alkanes of at least 4 members (excludes halogenated alkanes) is 6. The van der Waals surface area contributed by atoms with Crippen LogP contribution in [0.1, 0.15) is 104 Å². The molecule has 0 unspecified atom stereocenters. The van der Waals surface area contributed by atoms with Crippen molar-refractivity contribution in [2.75, 3.05) is 0 Å². The summed E-state index contributed by atoms with van der Waals surface area (Å²) in [4.78, 5) is 2.83. The Morgan fingerprint density at radius 2 is 1.36 bits per heavy atom. The molecule has 2 bridgehead atoms. The molecule has 0 N–H and O–H groups in total. The normalized spacial score (nSPS) is 23.9. The molecule has 25 heavy (non-hydrogen) atoms. The molecule has 2 fully saturated rings.